The number of carbonyl (C=O) groups excluding carboxylic acids is 1. The highest BCUT2D eigenvalue weighted by atomic mass is 32.2. The molecule has 2 heterocycles. The Kier molecular flexibility index (Phi) is 6.64. The summed E-state index contributed by atoms with van der Waals surface area (Å²) < 4.78 is 26.9. The third-order valence-electron chi connectivity index (χ3n) is 5.00. The van der Waals surface area contributed by atoms with Crippen LogP contribution in [0.2, 0.25) is 0 Å². The molecular formula is C22H23N3O3S3. The summed E-state index contributed by atoms with van der Waals surface area (Å²) in [5, 5.41) is 5.83. The van der Waals surface area contributed by atoms with Crippen molar-refractivity contribution in [2.24, 2.45) is 0 Å². The second-order valence-corrected chi connectivity index (χ2v) is 11.3. The van der Waals surface area contributed by atoms with Crippen LogP contribution in [-0.2, 0) is 22.2 Å². The SMILES string of the molecule is Cc1nc(CSc2ccc(C(=O)NCCS(=O)(=O)N3CCc4ccccc43)cc2)cs1. The van der Waals surface area contributed by atoms with Gasteiger partial charge in [0.15, 0.2) is 0 Å². The van der Waals surface area contributed by atoms with Crippen LogP contribution in [0.5, 0.6) is 0 Å². The van der Waals surface area contributed by atoms with Crippen molar-refractivity contribution >= 4 is 44.7 Å². The molecular weight excluding hydrogens is 450 g/mol. The van der Waals surface area contributed by atoms with E-state index >= 15 is 0 Å². The van der Waals surface area contributed by atoms with E-state index in [1.165, 1.54) is 4.31 Å². The highest BCUT2D eigenvalue weighted by Gasteiger charge is 2.28. The topological polar surface area (TPSA) is 79.4 Å². The Labute approximate surface area is 190 Å². The predicted octanol–water partition coefficient (Wildman–Crippen LogP) is 3.87. The zero-order valence-corrected chi connectivity index (χ0v) is 19.5. The summed E-state index contributed by atoms with van der Waals surface area (Å²) in [5.74, 6) is 0.380. The average Bonchev–Trinajstić information content (AvgIpc) is 3.39. The van der Waals surface area contributed by atoms with E-state index in [1.807, 2.05) is 43.3 Å². The maximum Gasteiger partial charge on any atom is 0.251 e. The van der Waals surface area contributed by atoms with Crippen LogP contribution in [0.3, 0.4) is 0 Å². The number of aryl methyl sites for hydroxylation is 1. The molecule has 2 aromatic carbocycles. The monoisotopic (exact) mass is 473 g/mol. The van der Waals surface area contributed by atoms with E-state index in [9.17, 15) is 13.2 Å². The van der Waals surface area contributed by atoms with Gasteiger partial charge in [0.25, 0.3) is 5.91 Å². The highest BCUT2D eigenvalue weighted by molar-refractivity contribution is 7.98. The van der Waals surface area contributed by atoms with Crippen molar-refractivity contribution < 1.29 is 13.2 Å². The number of carbonyl (C=O) groups is 1. The molecule has 4 rings (SSSR count). The molecule has 1 N–H and O–H groups in total. The molecule has 1 aliphatic rings. The molecule has 0 atom stereocenters. The van der Waals surface area contributed by atoms with Gasteiger partial charge in [0.2, 0.25) is 10.0 Å². The molecule has 1 amide bonds. The third-order valence-corrected chi connectivity index (χ3v) is 8.63. The maximum absolute atomic E-state index is 12.7. The van der Waals surface area contributed by atoms with Crippen LogP contribution in [0.25, 0.3) is 0 Å². The molecule has 162 valence electrons. The average molecular weight is 474 g/mol. The first kappa shape index (κ1) is 21.9. The van der Waals surface area contributed by atoms with Gasteiger partial charge in [-0.2, -0.15) is 0 Å². The Morgan fingerprint density at radius 3 is 2.71 bits per heavy atom. The van der Waals surface area contributed by atoms with E-state index in [0.29, 0.717) is 18.5 Å². The van der Waals surface area contributed by atoms with Gasteiger partial charge in [-0.05, 0) is 49.2 Å². The van der Waals surface area contributed by atoms with Crippen molar-refractivity contribution in [3.63, 3.8) is 0 Å². The number of hydrogen-bond acceptors (Lipinski definition) is 6. The fourth-order valence-electron chi connectivity index (χ4n) is 3.44. The number of nitrogens with one attached hydrogen (secondary N) is 1. The molecule has 0 spiro atoms. The molecule has 0 bridgehead atoms. The summed E-state index contributed by atoms with van der Waals surface area (Å²) in [6, 6.07) is 14.9. The lowest BCUT2D eigenvalue weighted by atomic mass is 10.2. The molecule has 1 aromatic heterocycles. The second-order valence-electron chi connectivity index (χ2n) is 7.19. The van der Waals surface area contributed by atoms with Gasteiger partial charge in [0.05, 0.1) is 22.1 Å². The number of amides is 1. The van der Waals surface area contributed by atoms with Crippen molar-refractivity contribution in [3.8, 4) is 0 Å². The minimum Gasteiger partial charge on any atom is -0.351 e. The molecule has 6 nitrogen and oxygen atoms in total. The van der Waals surface area contributed by atoms with Crippen molar-refractivity contribution in [3.05, 3.63) is 75.7 Å². The Balaban J connectivity index is 1.28. The standard InChI is InChI=1S/C22H23N3O3S3/c1-16-24-19(14-29-16)15-30-20-8-6-18(7-9-20)22(26)23-11-13-31(27,28)25-12-10-17-4-2-3-5-21(17)25/h2-9,14H,10-13,15H2,1H3,(H,23,26). The molecule has 1 aliphatic heterocycles. The van der Waals surface area contributed by atoms with Gasteiger partial charge in [-0.15, -0.1) is 23.1 Å². The first-order chi connectivity index (χ1) is 14.9. The lowest BCUT2D eigenvalue weighted by Crippen LogP contribution is -2.36. The van der Waals surface area contributed by atoms with Gasteiger partial charge < -0.3 is 5.32 Å². The lowest BCUT2D eigenvalue weighted by Gasteiger charge is -2.19. The number of thioether (sulfide) groups is 1. The van der Waals surface area contributed by atoms with Gasteiger partial charge in [-0.1, -0.05) is 18.2 Å². The van der Waals surface area contributed by atoms with Crippen LogP contribution < -0.4 is 9.62 Å². The van der Waals surface area contributed by atoms with E-state index in [1.54, 1.807) is 35.2 Å². The van der Waals surface area contributed by atoms with Crippen LogP contribution in [0.4, 0.5) is 5.69 Å². The van der Waals surface area contributed by atoms with Gasteiger partial charge in [-0.25, -0.2) is 13.4 Å². The summed E-state index contributed by atoms with van der Waals surface area (Å²) in [7, 11) is -3.48. The van der Waals surface area contributed by atoms with E-state index in [0.717, 1.165) is 32.6 Å². The van der Waals surface area contributed by atoms with Crippen LogP contribution in [-0.4, -0.2) is 38.2 Å². The first-order valence-corrected chi connectivity index (χ1v) is 13.4. The van der Waals surface area contributed by atoms with Gasteiger partial charge in [0.1, 0.15) is 0 Å². The number of benzene rings is 2. The largest absolute Gasteiger partial charge is 0.351 e. The quantitative estimate of drug-likeness (QED) is 0.503. The molecule has 9 heteroatoms. The zero-order valence-electron chi connectivity index (χ0n) is 17.1. The number of fused-ring (bicyclic) bond motifs is 1. The van der Waals surface area contributed by atoms with Crippen molar-refractivity contribution in [1.29, 1.82) is 0 Å². The number of nitrogens with zero attached hydrogens (tertiary/aromatic N) is 2. The fraction of sp³-hybridized carbons (Fsp3) is 0.273. The Bertz CT molecular complexity index is 1170. The number of thiazole rings is 1. The highest BCUT2D eigenvalue weighted by Crippen LogP contribution is 2.30. The van der Waals surface area contributed by atoms with E-state index < -0.39 is 10.0 Å². The molecule has 0 fully saturated rings. The molecule has 31 heavy (non-hydrogen) atoms. The smallest absolute Gasteiger partial charge is 0.251 e. The minimum atomic E-state index is -3.48. The Morgan fingerprint density at radius 1 is 1.19 bits per heavy atom. The fourth-order valence-corrected chi connectivity index (χ4v) is 6.37. The zero-order chi connectivity index (χ0) is 21.8. The van der Waals surface area contributed by atoms with Crippen molar-refractivity contribution in [2.75, 3.05) is 23.1 Å². The third kappa shape index (κ3) is 5.28. The summed E-state index contributed by atoms with van der Waals surface area (Å²) in [6.07, 6.45) is 0.716. The first-order valence-electron chi connectivity index (χ1n) is 9.93. The number of hydrogen-bond donors (Lipinski definition) is 1. The summed E-state index contributed by atoms with van der Waals surface area (Å²) in [5.41, 5.74) is 3.35. The van der Waals surface area contributed by atoms with Crippen LogP contribution in [0, 0.1) is 6.92 Å². The number of rotatable bonds is 8. The summed E-state index contributed by atoms with van der Waals surface area (Å²) in [4.78, 5) is 17.9. The molecule has 0 saturated heterocycles. The predicted molar refractivity (Wildman–Crippen MR) is 126 cm³/mol. The van der Waals surface area contributed by atoms with Crippen LogP contribution in [0.1, 0.15) is 26.6 Å². The summed E-state index contributed by atoms with van der Waals surface area (Å²) >= 11 is 3.30. The number of para-hydroxylation sites is 1. The van der Waals surface area contributed by atoms with E-state index in [2.05, 4.69) is 15.7 Å². The number of anilines is 1. The number of sulfonamides is 1. The maximum atomic E-state index is 12.7. The molecule has 3 aromatic rings. The molecule has 0 radical (unpaired) electrons. The van der Waals surface area contributed by atoms with Crippen molar-refractivity contribution in [2.45, 2.75) is 24.0 Å². The normalized spacial score (nSPS) is 13.3. The molecule has 0 saturated carbocycles. The Morgan fingerprint density at radius 2 is 1.97 bits per heavy atom. The van der Waals surface area contributed by atoms with Gasteiger partial charge in [-0.3, -0.25) is 9.10 Å². The second kappa shape index (κ2) is 9.42. The summed E-state index contributed by atoms with van der Waals surface area (Å²) in [6.45, 7) is 2.51. The van der Waals surface area contributed by atoms with E-state index in [4.69, 9.17) is 0 Å². The van der Waals surface area contributed by atoms with Gasteiger partial charge in [0, 0.05) is 34.7 Å². The van der Waals surface area contributed by atoms with Crippen LogP contribution in [0.15, 0.2) is 58.8 Å². The molecule has 0 aliphatic carbocycles. The molecule has 0 unspecified atom stereocenters. The minimum absolute atomic E-state index is 0.0690. The Hall–Kier alpha value is -2.36. The number of aromatic nitrogens is 1. The van der Waals surface area contributed by atoms with Crippen LogP contribution >= 0.6 is 23.1 Å². The lowest BCUT2D eigenvalue weighted by molar-refractivity contribution is 0.0956. The van der Waals surface area contributed by atoms with E-state index in [-0.39, 0.29) is 18.2 Å². The van der Waals surface area contributed by atoms with Gasteiger partial charge >= 0.3 is 0 Å². The van der Waals surface area contributed by atoms with Crippen molar-refractivity contribution in [1.82, 2.24) is 10.3 Å².